The van der Waals surface area contributed by atoms with Crippen molar-refractivity contribution in [3.8, 4) is 0 Å². The highest BCUT2D eigenvalue weighted by Crippen LogP contribution is 2.23. The number of likely N-dealkylation sites (N-methyl/N-ethyl adjacent to an activating group) is 1. The van der Waals surface area contributed by atoms with Crippen molar-refractivity contribution >= 4 is 22.9 Å². The second-order valence-corrected chi connectivity index (χ2v) is 6.16. The standard InChI is InChI=1S/C18H21N5O2/c1-2-22-6-8-23(9-7-22)21-17-11-15(24)16(25-17)10-13-12-20-18-14(13)4-3-5-19-18/h3-5,10-12,21H,2,6-9H2,1H3,(H,19,20)/b16-10-. The summed E-state index contributed by atoms with van der Waals surface area (Å²) in [5.41, 5.74) is 4.88. The molecule has 2 aliphatic rings. The quantitative estimate of drug-likeness (QED) is 0.822. The Bertz CT molecular complexity index is 846. The summed E-state index contributed by atoms with van der Waals surface area (Å²) in [7, 11) is 0. The topological polar surface area (TPSA) is 73.5 Å². The molecule has 130 valence electrons. The predicted molar refractivity (Wildman–Crippen MR) is 95.1 cm³/mol. The Morgan fingerprint density at radius 3 is 3.00 bits per heavy atom. The molecule has 0 atom stereocenters. The number of nitrogens with one attached hydrogen (secondary N) is 2. The molecular formula is C18H21N5O2. The minimum absolute atomic E-state index is 0.132. The molecule has 0 unspecified atom stereocenters. The van der Waals surface area contributed by atoms with Crippen LogP contribution in [0.2, 0.25) is 0 Å². The van der Waals surface area contributed by atoms with E-state index in [-0.39, 0.29) is 5.78 Å². The number of carbonyl (C=O) groups is 1. The lowest BCUT2D eigenvalue weighted by atomic mass is 10.2. The van der Waals surface area contributed by atoms with Gasteiger partial charge in [-0.1, -0.05) is 6.92 Å². The van der Waals surface area contributed by atoms with Crippen molar-refractivity contribution in [1.29, 1.82) is 0 Å². The highest BCUT2D eigenvalue weighted by molar-refractivity contribution is 6.08. The first kappa shape index (κ1) is 15.9. The van der Waals surface area contributed by atoms with Gasteiger partial charge in [0.1, 0.15) is 5.65 Å². The van der Waals surface area contributed by atoms with Crippen LogP contribution in [0, 0.1) is 0 Å². The van der Waals surface area contributed by atoms with Crippen LogP contribution in [0.25, 0.3) is 17.1 Å². The van der Waals surface area contributed by atoms with Crippen molar-refractivity contribution in [2.24, 2.45) is 0 Å². The van der Waals surface area contributed by atoms with Crippen molar-refractivity contribution in [2.75, 3.05) is 32.7 Å². The molecule has 4 heterocycles. The molecule has 2 aromatic heterocycles. The van der Waals surface area contributed by atoms with Gasteiger partial charge in [-0.3, -0.25) is 10.2 Å². The van der Waals surface area contributed by atoms with Crippen molar-refractivity contribution in [1.82, 2.24) is 25.3 Å². The zero-order valence-corrected chi connectivity index (χ0v) is 14.2. The summed E-state index contributed by atoms with van der Waals surface area (Å²) >= 11 is 0. The van der Waals surface area contributed by atoms with Gasteiger partial charge in [-0.25, -0.2) is 9.99 Å². The zero-order valence-electron chi connectivity index (χ0n) is 14.2. The van der Waals surface area contributed by atoms with Gasteiger partial charge in [-0.05, 0) is 24.8 Å². The summed E-state index contributed by atoms with van der Waals surface area (Å²) in [5.74, 6) is 0.673. The molecule has 0 saturated carbocycles. The first-order valence-electron chi connectivity index (χ1n) is 8.54. The molecule has 0 aliphatic carbocycles. The molecule has 0 aromatic carbocycles. The minimum atomic E-state index is -0.132. The monoisotopic (exact) mass is 339 g/mol. The predicted octanol–water partition coefficient (Wildman–Crippen LogP) is 1.49. The summed E-state index contributed by atoms with van der Waals surface area (Å²) in [6.45, 7) is 7.05. The van der Waals surface area contributed by atoms with Crippen LogP contribution >= 0.6 is 0 Å². The Morgan fingerprint density at radius 1 is 1.36 bits per heavy atom. The molecule has 7 heteroatoms. The van der Waals surface area contributed by atoms with Gasteiger partial charge in [0.25, 0.3) is 0 Å². The maximum Gasteiger partial charge on any atom is 0.226 e. The number of nitrogens with zero attached hydrogens (tertiary/aromatic N) is 3. The van der Waals surface area contributed by atoms with Gasteiger partial charge in [0.05, 0.1) is 6.08 Å². The van der Waals surface area contributed by atoms with E-state index in [0.717, 1.165) is 49.3 Å². The molecule has 4 rings (SSSR count). The summed E-state index contributed by atoms with van der Waals surface area (Å²) in [6, 6.07) is 3.83. The van der Waals surface area contributed by atoms with Crippen molar-refractivity contribution in [3.63, 3.8) is 0 Å². The van der Waals surface area contributed by atoms with Gasteiger partial charge in [0.2, 0.25) is 11.7 Å². The molecule has 2 N–H and O–H groups in total. The fraction of sp³-hybridized carbons (Fsp3) is 0.333. The number of allylic oxidation sites excluding steroid dienone is 1. The first-order chi connectivity index (χ1) is 12.2. The van der Waals surface area contributed by atoms with Crippen molar-refractivity contribution in [3.05, 3.63) is 47.8 Å². The molecule has 1 saturated heterocycles. The third-order valence-corrected chi connectivity index (χ3v) is 4.58. The largest absolute Gasteiger partial charge is 0.436 e. The van der Waals surface area contributed by atoms with E-state index in [4.69, 9.17) is 4.74 Å². The summed E-state index contributed by atoms with van der Waals surface area (Å²) in [5, 5.41) is 3.05. The number of piperazine rings is 1. The number of aromatic amines is 1. The minimum Gasteiger partial charge on any atom is -0.436 e. The fourth-order valence-corrected chi connectivity index (χ4v) is 3.11. The van der Waals surface area contributed by atoms with Gasteiger partial charge in [0.15, 0.2) is 5.76 Å². The van der Waals surface area contributed by atoms with E-state index in [1.807, 2.05) is 18.3 Å². The molecule has 1 fully saturated rings. The zero-order chi connectivity index (χ0) is 17.2. The lowest BCUT2D eigenvalue weighted by molar-refractivity contribution is -0.112. The Morgan fingerprint density at radius 2 is 2.20 bits per heavy atom. The molecule has 2 aliphatic heterocycles. The van der Waals surface area contributed by atoms with Gasteiger partial charge >= 0.3 is 0 Å². The van der Waals surface area contributed by atoms with Crippen LogP contribution in [-0.2, 0) is 9.53 Å². The normalized spacial score (nSPS) is 20.9. The van der Waals surface area contributed by atoms with Gasteiger partial charge in [-0.15, -0.1) is 0 Å². The SMILES string of the molecule is CCN1CCN(NC2=CC(=O)/C(=C/c3c[nH]c4ncccc34)O2)CC1. The maximum atomic E-state index is 12.2. The molecule has 0 bridgehead atoms. The molecule has 0 spiro atoms. The number of rotatable bonds is 4. The van der Waals surface area contributed by atoms with E-state index >= 15 is 0 Å². The van der Waals surface area contributed by atoms with E-state index in [1.165, 1.54) is 6.08 Å². The van der Waals surface area contributed by atoms with Crippen LogP contribution in [0.15, 0.2) is 42.2 Å². The highest BCUT2D eigenvalue weighted by Gasteiger charge is 2.24. The Kier molecular flexibility index (Phi) is 4.25. The average molecular weight is 339 g/mol. The molecule has 7 nitrogen and oxygen atoms in total. The van der Waals surface area contributed by atoms with E-state index in [1.54, 1.807) is 12.3 Å². The fourth-order valence-electron chi connectivity index (χ4n) is 3.11. The van der Waals surface area contributed by atoms with E-state index in [0.29, 0.717) is 11.6 Å². The van der Waals surface area contributed by atoms with Gasteiger partial charge in [0, 0.05) is 49.5 Å². The van der Waals surface area contributed by atoms with Gasteiger partial charge < -0.3 is 14.6 Å². The Labute approximate surface area is 145 Å². The number of aromatic nitrogens is 2. The number of fused-ring (bicyclic) bond motifs is 1. The number of pyridine rings is 1. The third-order valence-electron chi connectivity index (χ3n) is 4.58. The van der Waals surface area contributed by atoms with Crippen molar-refractivity contribution < 1.29 is 9.53 Å². The maximum absolute atomic E-state index is 12.2. The van der Waals surface area contributed by atoms with Crippen LogP contribution in [0.3, 0.4) is 0 Å². The number of H-pyrrole nitrogens is 1. The molecule has 2 aromatic rings. The summed E-state index contributed by atoms with van der Waals surface area (Å²) in [4.78, 5) is 22.0. The number of hydrogen-bond donors (Lipinski definition) is 2. The average Bonchev–Trinajstić information content (AvgIpc) is 3.20. The van der Waals surface area contributed by atoms with Crippen molar-refractivity contribution in [2.45, 2.75) is 6.92 Å². The second-order valence-electron chi connectivity index (χ2n) is 6.16. The summed E-state index contributed by atoms with van der Waals surface area (Å²) < 4.78 is 5.72. The van der Waals surface area contributed by atoms with Crippen LogP contribution < -0.4 is 5.43 Å². The lowest BCUT2D eigenvalue weighted by Gasteiger charge is -2.34. The van der Waals surface area contributed by atoms with Crippen LogP contribution in [0.1, 0.15) is 12.5 Å². The number of ketones is 1. The van der Waals surface area contributed by atoms with Crippen LogP contribution in [-0.4, -0.2) is 58.4 Å². The Balaban J connectivity index is 1.44. The third kappa shape index (κ3) is 3.29. The van der Waals surface area contributed by atoms with E-state index < -0.39 is 0 Å². The number of hydrogen-bond acceptors (Lipinski definition) is 6. The number of carbonyl (C=O) groups excluding carboxylic acids is 1. The number of hydrazine groups is 1. The number of ether oxygens (including phenoxy) is 1. The molecule has 0 radical (unpaired) electrons. The molecular weight excluding hydrogens is 318 g/mol. The van der Waals surface area contributed by atoms with Gasteiger partial charge in [-0.2, -0.15) is 0 Å². The first-order valence-corrected chi connectivity index (χ1v) is 8.54. The second kappa shape index (κ2) is 6.70. The summed E-state index contributed by atoms with van der Waals surface area (Å²) in [6.07, 6.45) is 6.82. The molecule has 25 heavy (non-hydrogen) atoms. The van der Waals surface area contributed by atoms with Crippen LogP contribution in [0.4, 0.5) is 0 Å². The van der Waals surface area contributed by atoms with Crippen LogP contribution in [0.5, 0.6) is 0 Å². The van der Waals surface area contributed by atoms with E-state index in [9.17, 15) is 4.79 Å². The smallest absolute Gasteiger partial charge is 0.226 e. The Hall–Kier alpha value is -2.64. The molecule has 0 amide bonds. The highest BCUT2D eigenvalue weighted by atomic mass is 16.5. The van der Waals surface area contributed by atoms with E-state index in [2.05, 4.69) is 32.2 Å². The lowest BCUT2D eigenvalue weighted by Crippen LogP contribution is -2.51.